The molecule has 3 aromatic rings. The molecule has 0 heterocycles. The molecular weight excluding hydrogens is 282 g/mol. The number of nitrogens with zero attached hydrogens (tertiary/aromatic N) is 1. The molecule has 0 saturated carbocycles. The molecule has 0 fully saturated rings. The predicted octanol–water partition coefficient (Wildman–Crippen LogP) is 4.93. The highest BCUT2D eigenvalue weighted by molar-refractivity contribution is 8.23. The van der Waals surface area contributed by atoms with Crippen LogP contribution < -0.4 is 0 Å². The van der Waals surface area contributed by atoms with Crippen molar-refractivity contribution in [2.75, 3.05) is 14.1 Å². The van der Waals surface area contributed by atoms with Crippen LogP contribution in [0.5, 0.6) is 0 Å². The first kappa shape index (κ1) is 13.4. The summed E-state index contributed by atoms with van der Waals surface area (Å²) in [6.45, 7) is 0. The van der Waals surface area contributed by atoms with E-state index >= 15 is 0 Å². The standard InChI is InChI=1S/C17H15NS2/c1-18(2)17(19)20-16-14-9-5-3-7-12(14)11-13-8-4-6-10-15(13)16/h3-11H,1-2H3. The van der Waals surface area contributed by atoms with Crippen LogP contribution in [-0.2, 0) is 0 Å². The highest BCUT2D eigenvalue weighted by Crippen LogP contribution is 2.36. The number of rotatable bonds is 1. The Morgan fingerprint density at radius 3 is 1.90 bits per heavy atom. The van der Waals surface area contributed by atoms with E-state index in [4.69, 9.17) is 12.2 Å². The smallest absolute Gasteiger partial charge is 0.140 e. The van der Waals surface area contributed by atoms with Crippen molar-refractivity contribution in [3.63, 3.8) is 0 Å². The van der Waals surface area contributed by atoms with Crippen LogP contribution in [0.4, 0.5) is 0 Å². The molecule has 0 atom stereocenters. The van der Waals surface area contributed by atoms with Gasteiger partial charge in [0, 0.05) is 19.0 Å². The molecular formula is C17H15NS2. The maximum Gasteiger partial charge on any atom is 0.140 e. The summed E-state index contributed by atoms with van der Waals surface area (Å²) in [5, 5.41) is 5.05. The minimum absolute atomic E-state index is 0.881. The van der Waals surface area contributed by atoms with E-state index in [-0.39, 0.29) is 0 Å². The van der Waals surface area contributed by atoms with Crippen molar-refractivity contribution < 1.29 is 0 Å². The van der Waals surface area contributed by atoms with E-state index in [9.17, 15) is 0 Å². The fraction of sp³-hybridized carbons (Fsp3) is 0.118. The Kier molecular flexibility index (Phi) is 3.64. The van der Waals surface area contributed by atoms with Gasteiger partial charge >= 0.3 is 0 Å². The topological polar surface area (TPSA) is 3.24 Å². The SMILES string of the molecule is CN(C)C(=S)Sc1c2ccccc2cc2ccccc12. The van der Waals surface area contributed by atoms with Crippen molar-refractivity contribution in [1.82, 2.24) is 4.90 Å². The summed E-state index contributed by atoms with van der Waals surface area (Å²) >= 11 is 7.14. The quantitative estimate of drug-likeness (QED) is 0.356. The molecule has 1 nitrogen and oxygen atoms in total. The van der Waals surface area contributed by atoms with E-state index < -0.39 is 0 Å². The molecule has 0 unspecified atom stereocenters. The monoisotopic (exact) mass is 297 g/mol. The zero-order valence-electron chi connectivity index (χ0n) is 11.5. The number of thioether (sulfide) groups is 1. The minimum Gasteiger partial charge on any atom is -0.363 e. The van der Waals surface area contributed by atoms with E-state index in [1.54, 1.807) is 11.8 Å². The highest BCUT2D eigenvalue weighted by atomic mass is 32.2. The number of benzene rings is 3. The van der Waals surface area contributed by atoms with Gasteiger partial charge in [-0.3, -0.25) is 0 Å². The van der Waals surface area contributed by atoms with Gasteiger partial charge in [-0.1, -0.05) is 72.5 Å². The Bertz CT molecular complexity index is 739. The summed E-state index contributed by atoms with van der Waals surface area (Å²) in [5.41, 5.74) is 0. The number of hydrogen-bond acceptors (Lipinski definition) is 2. The molecule has 0 aliphatic rings. The molecule has 3 aromatic carbocycles. The van der Waals surface area contributed by atoms with E-state index in [1.807, 2.05) is 19.0 Å². The molecule has 0 N–H and O–H groups in total. The second-order valence-corrected chi connectivity index (χ2v) is 6.55. The lowest BCUT2D eigenvalue weighted by Crippen LogP contribution is -2.15. The Balaban J connectivity index is 2.30. The van der Waals surface area contributed by atoms with Crippen molar-refractivity contribution in [2.45, 2.75) is 4.90 Å². The molecule has 0 saturated heterocycles. The van der Waals surface area contributed by atoms with Crippen LogP contribution in [0.2, 0.25) is 0 Å². The maximum atomic E-state index is 5.47. The number of hydrogen-bond donors (Lipinski definition) is 0. The maximum absolute atomic E-state index is 5.47. The van der Waals surface area contributed by atoms with Crippen LogP contribution in [0, 0.1) is 0 Å². The lowest BCUT2D eigenvalue weighted by Gasteiger charge is -2.16. The van der Waals surface area contributed by atoms with Crippen LogP contribution in [0.15, 0.2) is 59.5 Å². The van der Waals surface area contributed by atoms with Crippen molar-refractivity contribution >= 4 is 49.8 Å². The third kappa shape index (κ3) is 2.39. The molecule has 0 aromatic heterocycles. The van der Waals surface area contributed by atoms with Gasteiger partial charge in [-0.15, -0.1) is 0 Å². The van der Waals surface area contributed by atoms with Crippen LogP contribution in [-0.4, -0.2) is 23.3 Å². The van der Waals surface area contributed by atoms with E-state index in [0.29, 0.717) is 0 Å². The number of fused-ring (bicyclic) bond motifs is 2. The van der Waals surface area contributed by atoms with Gasteiger partial charge in [-0.2, -0.15) is 0 Å². The van der Waals surface area contributed by atoms with Crippen molar-refractivity contribution in [1.29, 1.82) is 0 Å². The molecule has 100 valence electrons. The van der Waals surface area contributed by atoms with Crippen LogP contribution in [0.3, 0.4) is 0 Å². The lowest BCUT2D eigenvalue weighted by atomic mass is 10.0. The van der Waals surface area contributed by atoms with E-state index in [1.165, 1.54) is 26.4 Å². The van der Waals surface area contributed by atoms with Crippen LogP contribution >= 0.6 is 24.0 Å². The third-order valence-electron chi connectivity index (χ3n) is 3.28. The van der Waals surface area contributed by atoms with Crippen molar-refractivity contribution in [2.24, 2.45) is 0 Å². The summed E-state index contributed by atoms with van der Waals surface area (Å²) in [7, 11) is 3.98. The van der Waals surface area contributed by atoms with Gasteiger partial charge in [0.2, 0.25) is 0 Å². The average Bonchev–Trinajstić information content (AvgIpc) is 2.46. The molecule has 0 radical (unpaired) electrons. The van der Waals surface area contributed by atoms with Crippen LogP contribution in [0.1, 0.15) is 0 Å². The highest BCUT2D eigenvalue weighted by Gasteiger charge is 2.11. The van der Waals surface area contributed by atoms with Gasteiger partial charge in [0.15, 0.2) is 0 Å². The van der Waals surface area contributed by atoms with Crippen molar-refractivity contribution in [3.8, 4) is 0 Å². The van der Waals surface area contributed by atoms with Gasteiger partial charge in [-0.05, 0) is 27.6 Å². The first-order chi connectivity index (χ1) is 9.66. The molecule has 0 aliphatic heterocycles. The normalized spacial score (nSPS) is 10.9. The van der Waals surface area contributed by atoms with Gasteiger partial charge in [-0.25, -0.2) is 0 Å². The summed E-state index contributed by atoms with van der Waals surface area (Å²) < 4.78 is 0.881. The average molecular weight is 297 g/mol. The zero-order valence-corrected chi connectivity index (χ0v) is 13.1. The molecule has 0 amide bonds. The van der Waals surface area contributed by atoms with Crippen molar-refractivity contribution in [3.05, 3.63) is 54.6 Å². The number of thiocarbonyl (C=S) groups is 1. The Hall–Kier alpha value is -1.58. The van der Waals surface area contributed by atoms with Gasteiger partial charge in [0.05, 0.1) is 0 Å². The molecule has 3 heteroatoms. The largest absolute Gasteiger partial charge is 0.363 e. The molecule has 20 heavy (non-hydrogen) atoms. The Labute approximate surface area is 128 Å². The summed E-state index contributed by atoms with van der Waals surface area (Å²) in [5.74, 6) is 0. The Morgan fingerprint density at radius 1 is 0.900 bits per heavy atom. The summed E-state index contributed by atoms with van der Waals surface area (Å²) in [6.07, 6.45) is 0. The fourth-order valence-corrected chi connectivity index (χ4v) is 3.46. The van der Waals surface area contributed by atoms with Gasteiger partial charge < -0.3 is 4.90 Å². The zero-order chi connectivity index (χ0) is 14.1. The second kappa shape index (κ2) is 5.43. The first-order valence-electron chi connectivity index (χ1n) is 6.46. The van der Waals surface area contributed by atoms with Crippen LogP contribution in [0.25, 0.3) is 21.5 Å². The third-order valence-corrected chi connectivity index (χ3v) is 5.08. The molecule has 0 bridgehead atoms. The predicted molar refractivity (Wildman–Crippen MR) is 93.6 cm³/mol. The minimum atomic E-state index is 0.881. The molecule has 0 aliphatic carbocycles. The second-order valence-electron chi connectivity index (χ2n) is 4.91. The van der Waals surface area contributed by atoms with E-state index in [2.05, 4.69) is 54.6 Å². The summed E-state index contributed by atoms with van der Waals surface area (Å²) in [4.78, 5) is 3.23. The van der Waals surface area contributed by atoms with Gasteiger partial charge in [0.25, 0.3) is 0 Å². The summed E-state index contributed by atoms with van der Waals surface area (Å²) in [6, 6.07) is 19.2. The fourth-order valence-electron chi connectivity index (χ4n) is 2.26. The first-order valence-corrected chi connectivity index (χ1v) is 7.69. The lowest BCUT2D eigenvalue weighted by molar-refractivity contribution is 0.648. The van der Waals surface area contributed by atoms with Gasteiger partial charge in [0.1, 0.15) is 4.32 Å². The molecule has 3 rings (SSSR count). The van der Waals surface area contributed by atoms with E-state index in [0.717, 1.165) is 4.32 Å². The molecule has 0 spiro atoms. The Morgan fingerprint density at radius 2 is 1.40 bits per heavy atom.